The van der Waals surface area contributed by atoms with E-state index in [4.69, 9.17) is 9.72 Å². The number of fused-ring (bicyclic) bond motifs is 2. The van der Waals surface area contributed by atoms with Crippen LogP contribution in [0, 0.1) is 0 Å². The minimum Gasteiger partial charge on any atom is -0.491 e. The lowest BCUT2D eigenvalue weighted by molar-refractivity contribution is -0.111. The van der Waals surface area contributed by atoms with Crippen LogP contribution in [0.25, 0.3) is 16.6 Å². The number of hydrogen-bond donors (Lipinski definition) is 2. The van der Waals surface area contributed by atoms with Crippen molar-refractivity contribution in [1.82, 2.24) is 19.4 Å². The van der Waals surface area contributed by atoms with E-state index in [1.54, 1.807) is 6.33 Å². The van der Waals surface area contributed by atoms with Crippen LogP contribution in [0.3, 0.4) is 0 Å². The number of amides is 1. The van der Waals surface area contributed by atoms with Gasteiger partial charge in [-0.15, -0.1) is 0 Å². The van der Waals surface area contributed by atoms with Crippen molar-refractivity contribution in [2.75, 3.05) is 44.4 Å². The van der Waals surface area contributed by atoms with E-state index >= 15 is 0 Å². The van der Waals surface area contributed by atoms with E-state index in [1.807, 2.05) is 36.7 Å². The fourth-order valence-corrected chi connectivity index (χ4v) is 4.73. The molecular formula is C29H32N6O2. The second-order valence-corrected chi connectivity index (χ2v) is 9.47. The zero-order valence-electron chi connectivity index (χ0n) is 21.3. The van der Waals surface area contributed by atoms with Crippen LogP contribution in [-0.2, 0) is 4.79 Å². The van der Waals surface area contributed by atoms with Crippen molar-refractivity contribution < 1.29 is 9.53 Å². The van der Waals surface area contributed by atoms with Gasteiger partial charge in [-0.3, -0.25) is 4.79 Å². The smallest absolute Gasteiger partial charge is 0.247 e. The third kappa shape index (κ3) is 5.34. The Bertz CT molecular complexity index is 1410. The highest BCUT2D eigenvalue weighted by Crippen LogP contribution is 2.40. The summed E-state index contributed by atoms with van der Waals surface area (Å²) in [6, 6.07) is 14.3. The Morgan fingerprint density at radius 2 is 2.05 bits per heavy atom. The first-order chi connectivity index (χ1) is 18.0. The lowest BCUT2D eigenvalue weighted by Crippen LogP contribution is -2.14. The molecule has 2 aromatic heterocycles. The maximum Gasteiger partial charge on any atom is 0.247 e. The van der Waals surface area contributed by atoms with Crippen molar-refractivity contribution in [1.29, 1.82) is 0 Å². The summed E-state index contributed by atoms with van der Waals surface area (Å²) in [4.78, 5) is 23.6. The average molecular weight is 497 g/mol. The fourth-order valence-electron chi connectivity index (χ4n) is 4.73. The summed E-state index contributed by atoms with van der Waals surface area (Å²) in [7, 11) is 4.12. The van der Waals surface area contributed by atoms with E-state index in [9.17, 15) is 4.79 Å². The molecule has 0 aliphatic carbocycles. The number of aromatic nitrogens is 3. The van der Waals surface area contributed by atoms with E-state index in [0.717, 1.165) is 53.9 Å². The summed E-state index contributed by atoms with van der Waals surface area (Å²) in [6.45, 7) is 5.88. The van der Waals surface area contributed by atoms with Gasteiger partial charge in [0.1, 0.15) is 12.1 Å². The van der Waals surface area contributed by atoms with Crippen LogP contribution in [0.4, 0.5) is 11.4 Å². The van der Waals surface area contributed by atoms with E-state index in [0.29, 0.717) is 18.0 Å². The summed E-state index contributed by atoms with van der Waals surface area (Å²) in [5.41, 5.74) is 5.68. The molecule has 5 rings (SSSR count). The Morgan fingerprint density at radius 1 is 1.22 bits per heavy atom. The van der Waals surface area contributed by atoms with Crippen LogP contribution in [0.2, 0.25) is 0 Å². The predicted octanol–water partition coefficient (Wildman–Crippen LogP) is 4.82. The number of nitrogens with one attached hydrogen (secondary N) is 2. The van der Waals surface area contributed by atoms with Crippen LogP contribution >= 0.6 is 0 Å². The molecule has 4 aromatic rings. The van der Waals surface area contributed by atoms with Gasteiger partial charge in [-0.25, -0.2) is 9.97 Å². The topological polar surface area (TPSA) is 84.3 Å². The Balaban J connectivity index is 1.46. The molecule has 1 aliphatic rings. The molecule has 2 aromatic carbocycles. The molecule has 1 aliphatic heterocycles. The fraction of sp³-hybridized carbons (Fsp3) is 0.276. The SMILES string of the molecule is C=CC(=O)Nc1cc2c(C3CNc4cc(-n5cccc5)ccc43)ncnc2cc1OCCCCN(C)C. The summed E-state index contributed by atoms with van der Waals surface area (Å²) in [6.07, 6.45) is 8.87. The molecule has 8 nitrogen and oxygen atoms in total. The molecule has 0 bridgehead atoms. The molecule has 0 saturated carbocycles. The number of rotatable bonds is 10. The van der Waals surface area contributed by atoms with Gasteiger partial charge in [0, 0.05) is 47.7 Å². The highest BCUT2D eigenvalue weighted by molar-refractivity contribution is 6.02. The van der Waals surface area contributed by atoms with E-state index in [-0.39, 0.29) is 11.8 Å². The minimum atomic E-state index is -0.291. The molecule has 37 heavy (non-hydrogen) atoms. The van der Waals surface area contributed by atoms with Crippen LogP contribution in [-0.4, -0.2) is 59.1 Å². The zero-order valence-corrected chi connectivity index (χ0v) is 21.3. The Morgan fingerprint density at radius 3 is 2.84 bits per heavy atom. The van der Waals surface area contributed by atoms with Crippen molar-refractivity contribution in [3.05, 3.63) is 85.1 Å². The summed E-state index contributed by atoms with van der Waals surface area (Å²) < 4.78 is 8.19. The van der Waals surface area contributed by atoms with Gasteiger partial charge in [0.05, 0.1) is 23.5 Å². The molecule has 0 saturated heterocycles. The second kappa shape index (κ2) is 10.8. The Hall–Kier alpha value is -4.17. The molecule has 1 unspecified atom stereocenters. The van der Waals surface area contributed by atoms with E-state index < -0.39 is 0 Å². The van der Waals surface area contributed by atoms with Crippen molar-refractivity contribution in [2.24, 2.45) is 0 Å². The molecule has 8 heteroatoms. The van der Waals surface area contributed by atoms with Crippen molar-refractivity contribution in [2.45, 2.75) is 18.8 Å². The Labute approximate surface area is 217 Å². The number of hydrogen-bond acceptors (Lipinski definition) is 6. The molecule has 3 heterocycles. The molecule has 1 amide bonds. The third-order valence-corrected chi connectivity index (χ3v) is 6.61. The number of ether oxygens (including phenoxy) is 1. The summed E-state index contributed by atoms with van der Waals surface area (Å²) in [5, 5.41) is 7.34. The molecule has 0 spiro atoms. The number of benzene rings is 2. The van der Waals surface area contributed by atoms with Gasteiger partial charge < -0.3 is 24.8 Å². The number of carbonyl (C=O) groups excluding carboxylic acids is 1. The van der Waals surface area contributed by atoms with Crippen LogP contribution < -0.4 is 15.4 Å². The minimum absolute atomic E-state index is 0.0555. The number of carbonyl (C=O) groups is 1. The van der Waals surface area contributed by atoms with Gasteiger partial charge in [-0.1, -0.05) is 12.6 Å². The number of unbranched alkanes of at least 4 members (excludes halogenated alkanes) is 1. The lowest BCUT2D eigenvalue weighted by atomic mass is 9.94. The molecule has 0 radical (unpaired) electrons. The zero-order chi connectivity index (χ0) is 25.8. The summed E-state index contributed by atoms with van der Waals surface area (Å²) >= 11 is 0. The quantitative estimate of drug-likeness (QED) is 0.242. The van der Waals surface area contributed by atoms with Crippen LogP contribution in [0.5, 0.6) is 5.75 Å². The molecule has 190 valence electrons. The first kappa shape index (κ1) is 24.5. The van der Waals surface area contributed by atoms with Crippen LogP contribution in [0.15, 0.2) is 73.8 Å². The molecule has 2 N–H and O–H groups in total. The van der Waals surface area contributed by atoms with Crippen LogP contribution in [0.1, 0.15) is 30.0 Å². The van der Waals surface area contributed by atoms with Gasteiger partial charge in [-0.05, 0) is 75.5 Å². The molecule has 1 atom stereocenters. The first-order valence-electron chi connectivity index (χ1n) is 12.5. The molecule has 0 fully saturated rings. The maximum atomic E-state index is 12.2. The number of anilines is 2. The van der Waals surface area contributed by atoms with Crippen molar-refractivity contribution in [3.8, 4) is 11.4 Å². The van der Waals surface area contributed by atoms with E-state index in [2.05, 4.69) is 64.0 Å². The predicted molar refractivity (Wildman–Crippen MR) is 148 cm³/mol. The van der Waals surface area contributed by atoms with Crippen molar-refractivity contribution >= 4 is 28.2 Å². The highest BCUT2D eigenvalue weighted by Gasteiger charge is 2.27. The van der Waals surface area contributed by atoms with Gasteiger partial charge in [0.2, 0.25) is 5.91 Å². The third-order valence-electron chi connectivity index (χ3n) is 6.61. The van der Waals surface area contributed by atoms with Gasteiger partial charge >= 0.3 is 0 Å². The van der Waals surface area contributed by atoms with Crippen molar-refractivity contribution in [3.63, 3.8) is 0 Å². The monoisotopic (exact) mass is 496 g/mol. The Kier molecular flexibility index (Phi) is 7.18. The van der Waals surface area contributed by atoms with E-state index in [1.165, 1.54) is 11.6 Å². The van der Waals surface area contributed by atoms with Gasteiger partial charge in [0.25, 0.3) is 0 Å². The molecular weight excluding hydrogens is 464 g/mol. The average Bonchev–Trinajstić information content (AvgIpc) is 3.58. The highest BCUT2D eigenvalue weighted by atomic mass is 16.5. The summed E-state index contributed by atoms with van der Waals surface area (Å²) in [5.74, 6) is 0.360. The second-order valence-electron chi connectivity index (χ2n) is 9.47. The van der Waals surface area contributed by atoms with Gasteiger partial charge in [-0.2, -0.15) is 0 Å². The number of nitrogens with zero attached hydrogens (tertiary/aromatic N) is 4. The van der Waals surface area contributed by atoms with Gasteiger partial charge in [0.15, 0.2) is 0 Å². The largest absolute Gasteiger partial charge is 0.491 e. The first-order valence-corrected chi connectivity index (χ1v) is 12.5. The maximum absolute atomic E-state index is 12.2. The standard InChI is InChI=1S/C29H32N6O2/c1-4-28(36)33-26-16-22-25(17-27(26)37-14-8-7-11-34(2)3)31-19-32-29(22)23-18-30-24-15-20(9-10-21(23)24)35-12-5-6-13-35/h4-6,9-10,12-13,15-17,19,23,30H,1,7-8,11,14,18H2,2-3H3,(H,33,36). The normalized spacial score (nSPS) is 14.4. The lowest BCUT2D eigenvalue weighted by Gasteiger charge is -2.17.